The number of hydrogen-bond acceptors (Lipinski definition) is 1. The summed E-state index contributed by atoms with van der Waals surface area (Å²) in [6, 6.07) is 9.48. The van der Waals surface area contributed by atoms with Crippen LogP contribution in [0.5, 0.6) is 0 Å². The van der Waals surface area contributed by atoms with Crippen molar-refractivity contribution in [2.24, 2.45) is 5.92 Å². The molecule has 1 aromatic rings. The first kappa shape index (κ1) is 15.4. The lowest BCUT2D eigenvalue weighted by atomic mass is 9.59. The number of piperidine rings is 1. The summed E-state index contributed by atoms with van der Waals surface area (Å²) >= 11 is 0. The number of nitrogens with one attached hydrogen (secondary N) is 1. The number of rotatable bonds is 2. The third-order valence-electron chi connectivity index (χ3n) is 6.16. The van der Waals surface area contributed by atoms with Gasteiger partial charge in [-0.2, -0.15) is 0 Å². The van der Waals surface area contributed by atoms with Crippen LogP contribution < -0.4 is 5.32 Å². The van der Waals surface area contributed by atoms with Crippen LogP contribution in [0.2, 0.25) is 0 Å². The van der Waals surface area contributed by atoms with Gasteiger partial charge in [0.15, 0.2) is 0 Å². The molecule has 2 bridgehead atoms. The minimum Gasteiger partial charge on any atom is -0.336 e. The van der Waals surface area contributed by atoms with Gasteiger partial charge in [0.05, 0.1) is 0 Å². The molecule has 1 aromatic carbocycles. The summed E-state index contributed by atoms with van der Waals surface area (Å²) < 4.78 is 0. The summed E-state index contributed by atoms with van der Waals surface area (Å²) in [7, 11) is 0. The second kappa shape index (κ2) is 5.60. The van der Waals surface area contributed by atoms with E-state index in [0.717, 1.165) is 25.8 Å². The number of likely N-dealkylation sites (tertiary alicyclic amines) is 1. The van der Waals surface area contributed by atoms with Crippen LogP contribution in [-0.2, 0) is 11.8 Å². The highest BCUT2D eigenvalue weighted by Gasteiger charge is 2.49. The van der Waals surface area contributed by atoms with Gasteiger partial charge in [0.1, 0.15) is 0 Å². The van der Waals surface area contributed by atoms with Crippen molar-refractivity contribution in [1.82, 2.24) is 10.2 Å². The number of benzene rings is 1. The average Bonchev–Trinajstić information content (AvgIpc) is 2.50. The van der Waals surface area contributed by atoms with Crippen LogP contribution in [0.3, 0.4) is 0 Å². The van der Waals surface area contributed by atoms with Gasteiger partial charge in [-0.3, -0.25) is 0 Å². The van der Waals surface area contributed by atoms with E-state index in [4.69, 9.17) is 0 Å². The molecule has 1 fully saturated rings. The molecule has 4 unspecified atom stereocenters. The molecule has 1 heterocycles. The van der Waals surface area contributed by atoms with E-state index in [1.165, 1.54) is 11.1 Å². The predicted octanol–water partition coefficient (Wildman–Crippen LogP) is 3.72. The van der Waals surface area contributed by atoms with E-state index in [-0.39, 0.29) is 17.5 Å². The fourth-order valence-electron chi connectivity index (χ4n) is 4.24. The molecular formula is C19H28N2O. The molecule has 2 aliphatic rings. The summed E-state index contributed by atoms with van der Waals surface area (Å²) in [4.78, 5) is 14.7. The number of nitrogens with zero attached hydrogens (tertiary/aromatic N) is 1. The monoisotopic (exact) mass is 300 g/mol. The Morgan fingerprint density at radius 3 is 2.91 bits per heavy atom. The molecule has 22 heavy (non-hydrogen) atoms. The number of carbonyl (C=O) groups is 1. The van der Waals surface area contributed by atoms with Gasteiger partial charge in [0.25, 0.3) is 0 Å². The van der Waals surface area contributed by atoms with Gasteiger partial charge in [-0.1, -0.05) is 45.0 Å². The van der Waals surface area contributed by atoms with Crippen molar-refractivity contribution in [2.45, 2.75) is 64.5 Å². The predicted molar refractivity (Wildman–Crippen MR) is 90.1 cm³/mol. The number of urea groups is 1. The first-order chi connectivity index (χ1) is 10.5. The van der Waals surface area contributed by atoms with Crippen LogP contribution in [-0.4, -0.2) is 29.6 Å². The number of carbonyl (C=O) groups excluding carboxylic acids is 1. The fourth-order valence-corrected chi connectivity index (χ4v) is 4.24. The Hall–Kier alpha value is -1.51. The molecule has 1 saturated heterocycles. The Kier molecular flexibility index (Phi) is 3.92. The maximum atomic E-state index is 12.6. The van der Waals surface area contributed by atoms with E-state index >= 15 is 0 Å². The van der Waals surface area contributed by atoms with Gasteiger partial charge in [0, 0.05) is 18.6 Å². The largest absolute Gasteiger partial charge is 0.336 e. The summed E-state index contributed by atoms with van der Waals surface area (Å²) in [6.07, 6.45) is 3.01. The van der Waals surface area contributed by atoms with Crippen molar-refractivity contribution < 1.29 is 4.79 Å². The second-order valence-corrected chi connectivity index (χ2v) is 7.34. The van der Waals surface area contributed by atoms with Crippen LogP contribution in [0.4, 0.5) is 4.79 Å². The molecule has 0 saturated carbocycles. The molecule has 1 N–H and O–H groups in total. The topological polar surface area (TPSA) is 32.3 Å². The quantitative estimate of drug-likeness (QED) is 0.887. The molecular weight excluding hydrogens is 272 g/mol. The van der Waals surface area contributed by atoms with Crippen molar-refractivity contribution in [3.05, 3.63) is 35.4 Å². The Bertz CT molecular complexity index is 570. The second-order valence-electron chi connectivity index (χ2n) is 7.34. The van der Waals surface area contributed by atoms with Crippen LogP contribution in [0.15, 0.2) is 24.3 Å². The van der Waals surface area contributed by atoms with Crippen molar-refractivity contribution >= 4 is 6.03 Å². The van der Waals surface area contributed by atoms with Gasteiger partial charge in [0.2, 0.25) is 0 Å². The van der Waals surface area contributed by atoms with Crippen molar-refractivity contribution in [3.8, 4) is 0 Å². The molecule has 3 nitrogen and oxygen atoms in total. The molecule has 0 radical (unpaired) electrons. The molecule has 2 amide bonds. The van der Waals surface area contributed by atoms with Crippen LogP contribution >= 0.6 is 0 Å². The average molecular weight is 300 g/mol. The molecule has 3 rings (SSSR count). The smallest absolute Gasteiger partial charge is 0.317 e. The fraction of sp³-hybridized carbons (Fsp3) is 0.632. The number of amides is 2. The van der Waals surface area contributed by atoms with Crippen molar-refractivity contribution in [2.75, 3.05) is 6.54 Å². The molecule has 0 aromatic heterocycles. The zero-order valence-electron chi connectivity index (χ0n) is 14.2. The van der Waals surface area contributed by atoms with Gasteiger partial charge in [-0.05, 0) is 48.6 Å². The zero-order chi connectivity index (χ0) is 15.9. The van der Waals surface area contributed by atoms with Gasteiger partial charge < -0.3 is 10.2 Å². The molecule has 1 aliphatic carbocycles. The van der Waals surface area contributed by atoms with E-state index in [0.29, 0.717) is 12.0 Å². The molecule has 3 heteroatoms. The SMILES string of the molecule is CCC(C)NC(=O)N1CCC2(C)c3ccccc3CC1C2C. The lowest BCUT2D eigenvalue weighted by Gasteiger charge is -2.54. The molecule has 1 aliphatic heterocycles. The first-order valence-electron chi connectivity index (χ1n) is 8.63. The summed E-state index contributed by atoms with van der Waals surface area (Å²) in [5.74, 6) is 0.499. The minimum atomic E-state index is 0.118. The molecule has 120 valence electrons. The molecule has 4 atom stereocenters. The maximum Gasteiger partial charge on any atom is 0.317 e. The Labute approximate surface area is 134 Å². The molecule has 0 spiro atoms. The Morgan fingerprint density at radius 1 is 1.45 bits per heavy atom. The van der Waals surface area contributed by atoms with Crippen LogP contribution in [0.25, 0.3) is 0 Å². The third-order valence-corrected chi connectivity index (χ3v) is 6.16. The highest BCUT2D eigenvalue weighted by Crippen LogP contribution is 2.48. The van der Waals surface area contributed by atoms with E-state index in [2.05, 4.69) is 62.2 Å². The number of hydrogen-bond donors (Lipinski definition) is 1. The van der Waals surface area contributed by atoms with Crippen molar-refractivity contribution in [1.29, 1.82) is 0 Å². The zero-order valence-corrected chi connectivity index (χ0v) is 14.2. The summed E-state index contributed by atoms with van der Waals surface area (Å²) in [5.41, 5.74) is 3.13. The van der Waals surface area contributed by atoms with E-state index in [1.54, 1.807) is 0 Å². The lowest BCUT2D eigenvalue weighted by Crippen LogP contribution is -2.61. The van der Waals surface area contributed by atoms with Gasteiger partial charge in [-0.15, -0.1) is 0 Å². The van der Waals surface area contributed by atoms with Crippen LogP contribution in [0, 0.1) is 5.92 Å². The van der Waals surface area contributed by atoms with Gasteiger partial charge in [-0.25, -0.2) is 4.79 Å². The maximum absolute atomic E-state index is 12.6. The van der Waals surface area contributed by atoms with Crippen LogP contribution in [0.1, 0.15) is 51.7 Å². The highest BCUT2D eigenvalue weighted by atomic mass is 16.2. The lowest BCUT2D eigenvalue weighted by molar-refractivity contribution is 0.0546. The van der Waals surface area contributed by atoms with E-state index in [9.17, 15) is 4.79 Å². The standard InChI is InChI=1S/C19H28N2O/c1-5-13(2)20-18(22)21-11-10-19(4)14(3)17(21)12-15-8-6-7-9-16(15)19/h6-9,13-14,17H,5,10-12H2,1-4H3,(H,20,22). The minimum absolute atomic E-state index is 0.118. The Morgan fingerprint density at radius 2 is 2.18 bits per heavy atom. The highest BCUT2D eigenvalue weighted by molar-refractivity contribution is 5.75. The van der Waals surface area contributed by atoms with E-state index in [1.807, 2.05) is 0 Å². The summed E-state index contributed by atoms with van der Waals surface area (Å²) in [6.45, 7) is 9.75. The normalized spacial score (nSPS) is 31.4. The van der Waals surface area contributed by atoms with Crippen molar-refractivity contribution in [3.63, 3.8) is 0 Å². The van der Waals surface area contributed by atoms with Gasteiger partial charge >= 0.3 is 6.03 Å². The number of fused-ring (bicyclic) bond motifs is 4. The first-order valence-corrected chi connectivity index (χ1v) is 8.63. The third kappa shape index (κ3) is 2.31. The van der Waals surface area contributed by atoms with E-state index < -0.39 is 0 Å². The summed E-state index contributed by atoms with van der Waals surface area (Å²) in [5, 5.41) is 3.15. The Balaban J connectivity index is 1.88.